The van der Waals surface area contributed by atoms with Crippen LogP contribution in [0.3, 0.4) is 0 Å². The number of carbonyl (C=O) groups excluding carboxylic acids is 2. The summed E-state index contributed by atoms with van der Waals surface area (Å²) < 4.78 is 78.1. The van der Waals surface area contributed by atoms with E-state index in [9.17, 15) is 19.2 Å². The molecule has 0 spiro atoms. The third-order valence-electron chi connectivity index (χ3n) is 18.7. The second kappa shape index (κ2) is 28.7. The number of aromatic nitrogens is 4. The van der Waals surface area contributed by atoms with Crippen LogP contribution in [0.2, 0.25) is 25.2 Å². The van der Waals surface area contributed by atoms with Crippen LogP contribution in [-0.4, -0.2) is 131 Å². The van der Waals surface area contributed by atoms with Crippen molar-refractivity contribution >= 4 is 77.4 Å². The Hall–Kier alpha value is -5.59. The smallest absolute Gasteiger partial charge is 0.349 e. The van der Waals surface area contributed by atoms with Crippen molar-refractivity contribution < 1.29 is 45.9 Å². The Morgan fingerprint density at radius 1 is 0.556 bits per heavy atom. The van der Waals surface area contributed by atoms with Gasteiger partial charge in [-0.1, -0.05) is 197 Å². The maximum absolute atomic E-state index is 16.2. The molecule has 0 bridgehead atoms. The highest BCUT2D eigenvalue weighted by molar-refractivity contribution is 7.45. The Morgan fingerprint density at radius 2 is 0.889 bits per heavy atom. The molecule has 0 radical (unpaired) electrons. The molecule has 4 aromatic carbocycles. The van der Waals surface area contributed by atoms with Crippen LogP contribution in [0.15, 0.2) is 155 Å². The van der Waals surface area contributed by atoms with E-state index in [0.29, 0.717) is 12.8 Å². The van der Waals surface area contributed by atoms with E-state index < -0.39 is 93.8 Å². The van der Waals surface area contributed by atoms with Crippen molar-refractivity contribution in [1.29, 1.82) is 0 Å². The number of rotatable bonds is 20. The van der Waals surface area contributed by atoms with Gasteiger partial charge in [0.15, 0.2) is 24.8 Å². The summed E-state index contributed by atoms with van der Waals surface area (Å²) in [6, 6.07) is 48.1. The van der Waals surface area contributed by atoms with Gasteiger partial charge in [0.2, 0.25) is 11.8 Å². The van der Waals surface area contributed by atoms with E-state index in [1.165, 1.54) is 45.3 Å². The first-order valence-electron chi connectivity index (χ1n) is 31.8. The Balaban J connectivity index is 0.000000185. The summed E-state index contributed by atoms with van der Waals surface area (Å²) in [6.45, 7) is 17.3. The van der Waals surface area contributed by atoms with Gasteiger partial charge in [-0.15, -0.1) is 0 Å². The number of anilines is 2. The molecule has 0 saturated carbocycles. The first-order valence-corrected chi connectivity index (χ1v) is 39.5. The lowest BCUT2D eigenvalue weighted by atomic mass is 10.1. The average Bonchev–Trinajstić information content (AvgIpc) is 2.22. The molecule has 6 aliphatic heterocycles. The molecular weight excluding hydrogens is 1220 g/mol. The number of alkyl halides is 2. The standard InChI is InChI=1S/2C33H42FN4O5PSi/c2*1-5-26-30(29(34)32(41-26)37-20-18-28(36-33(37)40)35-31(39)22(2)3)43-44-38-19-12-17-25(38)27(42-44)21-45(4,23-13-8-6-9-14-23)24-15-10-7-11-16-24/h2*6-11,13-16,18,20,22,25-27,29-30,32H,5,12,17,19,21H2,1-4H3,(H,35,36,39,40)/t25-,26+,27+,29-,30?,32+,44+;25-,26-,27+,29+,30?,32-,44+/m01/s1. The lowest BCUT2D eigenvalue weighted by molar-refractivity contribution is -0.119. The van der Waals surface area contributed by atoms with Crippen LogP contribution in [0.4, 0.5) is 20.4 Å². The van der Waals surface area contributed by atoms with Gasteiger partial charge in [0, 0.05) is 49.4 Å². The van der Waals surface area contributed by atoms with E-state index in [0.717, 1.165) is 60.0 Å². The summed E-state index contributed by atoms with van der Waals surface area (Å²) in [4.78, 5) is 57.9. The van der Waals surface area contributed by atoms with Crippen molar-refractivity contribution in [3.8, 4) is 0 Å². The third-order valence-corrected chi connectivity index (χ3v) is 31.1. The molecule has 6 saturated heterocycles. The van der Waals surface area contributed by atoms with Crippen LogP contribution in [0.5, 0.6) is 0 Å². The van der Waals surface area contributed by atoms with Crippen molar-refractivity contribution in [2.75, 3.05) is 23.7 Å². The molecule has 6 aromatic rings. The van der Waals surface area contributed by atoms with E-state index >= 15 is 8.78 Å². The number of nitrogens with zero attached hydrogens (tertiary/aromatic N) is 6. The fourth-order valence-electron chi connectivity index (χ4n) is 13.4. The molecule has 480 valence electrons. The number of ether oxygens (including phenoxy) is 2. The molecule has 8 heterocycles. The normalized spacial score (nSPS) is 28.4. The van der Waals surface area contributed by atoms with Crippen molar-refractivity contribution in [3.63, 3.8) is 0 Å². The summed E-state index contributed by atoms with van der Waals surface area (Å²) in [7, 11) is -7.40. The lowest BCUT2D eigenvalue weighted by Crippen LogP contribution is -2.58. The summed E-state index contributed by atoms with van der Waals surface area (Å²) in [5.41, 5.74) is -1.40. The van der Waals surface area contributed by atoms with Crippen LogP contribution >= 0.6 is 17.1 Å². The zero-order valence-corrected chi connectivity index (χ0v) is 56.2. The van der Waals surface area contributed by atoms with Gasteiger partial charge >= 0.3 is 11.4 Å². The molecule has 2 N–H and O–H groups in total. The molecular formula is C66H84F2N8O10P2Si2. The van der Waals surface area contributed by atoms with Gasteiger partial charge in [-0.2, -0.15) is 9.97 Å². The van der Waals surface area contributed by atoms with Crippen LogP contribution < -0.4 is 42.8 Å². The topological polar surface area (TPSA) is 190 Å². The number of hydrogen-bond donors (Lipinski definition) is 2. The molecule has 0 aliphatic carbocycles. The maximum atomic E-state index is 16.2. The van der Waals surface area contributed by atoms with Crippen LogP contribution in [-0.2, 0) is 37.2 Å². The van der Waals surface area contributed by atoms with E-state index in [-0.39, 0.29) is 59.6 Å². The second-order valence-electron chi connectivity index (χ2n) is 25.3. The SMILES string of the molecule is CC[C@H]1O[C@@H](n2ccc(NC(=O)C(C)C)nc2=O)[C@@H](F)C1O[P@@]1O[C@H](C[Si](C)(c2ccccc2)c2ccccc2)[C@@H]2CCCN21.CC[C@H]1O[C@@H](n2ccc(NC(=O)C(C)C)nc2=O)[C@@H](F)C1O[P@]1O[C@@H](C[Si](C)(c2ccccc2)c2ccccc2)[C@H]2CCCN21. The molecule has 2 unspecified atom stereocenters. The van der Waals surface area contributed by atoms with Gasteiger partial charge in [0.25, 0.3) is 17.1 Å². The van der Waals surface area contributed by atoms with Gasteiger partial charge < -0.3 is 38.2 Å². The summed E-state index contributed by atoms with van der Waals surface area (Å²) in [6.07, 6.45) is -0.605. The third kappa shape index (κ3) is 13.9. The first-order chi connectivity index (χ1) is 43.4. The van der Waals surface area contributed by atoms with E-state index in [2.05, 4.69) is 164 Å². The molecule has 18 nitrogen and oxygen atoms in total. The molecule has 2 amide bonds. The quantitative estimate of drug-likeness (QED) is 0.0543. The van der Waals surface area contributed by atoms with Crippen molar-refractivity contribution in [1.82, 2.24) is 28.4 Å². The number of fused-ring (bicyclic) bond motifs is 2. The van der Waals surface area contributed by atoms with Crippen molar-refractivity contribution in [2.45, 2.75) is 179 Å². The van der Waals surface area contributed by atoms with Crippen LogP contribution in [0.1, 0.15) is 92.5 Å². The summed E-state index contributed by atoms with van der Waals surface area (Å²) >= 11 is 0. The van der Waals surface area contributed by atoms with E-state index in [4.69, 9.17) is 27.6 Å². The fourth-order valence-corrected chi connectivity index (χ4v) is 25.3. The number of carbonyl (C=O) groups is 2. The van der Waals surface area contributed by atoms with Gasteiger partial charge in [0.05, 0.1) is 24.4 Å². The molecule has 12 rings (SSSR count). The molecule has 6 aliphatic rings. The van der Waals surface area contributed by atoms with Crippen LogP contribution in [0.25, 0.3) is 0 Å². The van der Waals surface area contributed by atoms with E-state index in [1.54, 1.807) is 27.7 Å². The fraction of sp³-hybridized carbons (Fsp3) is 0.485. The number of hydrogen-bond acceptors (Lipinski definition) is 14. The number of halogens is 2. The lowest BCUT2D eigenvalue weighted by Gasteiger charge is -2.32. The molecule has 6 fully saturated rings. The Kier molecular flexibility index (Phi) is 21.0. The number of amides is 2. The van der Waals surface area contributed by atoms with Crippen LogP contribution in [0, 0.1) is 11.8 Å². The summed E-state index contributed by atoms with van der Waals surface area (Å²) in [5.74, 6) is -0.807. The molecule has 90 heavy (non-hydrogen) atoms. The van der Waals surface area contributed by atoms with Gasteiger partial charge in [-0.3, -0.25) is 18.7 Å². The number of benzene rings is 4. The predicted octanol–water partition coefficient (Wildman–Crippen LogP) is 9.70. The Labute approximate surface area is 530 Å². The van der Waals surface area contributed by atoms with Crippen molar-refractivity contribution in [3.05, 3.63) is 167 Å². The molecule has 14 atom stereocenters. The van der Waals surface area contributed by atoms with E-state index in [1.807, 2.05) is 13.8 Å². The largest absolute Gasteiger partial charge is 0.351 e. The minimum Gasteiger partial charge on any atom is -0.349 e. The first kappa shape index (κ1) is 65.9. The highest BCUT2D eigenvalue weighted by Gasteiger charge is 2.56. The number of nitrogens with one attached hydrogen (secondary N) is 2. The second-order valence-corrected chi connectivity index (χ2v) is 36.6. The Bertz CT molecular complexity index is 3210. The predicted molar refractivity (Wildman–Crippen MR) is 352 cm³/mol. The van der Waals surface area contributed by atoms with Crippen molar-refractivity contribution in [2.24, 2.45) is 11.8 Å². The maximum Gasteiger partial charge on any atom is 0.351 e. The highest BCUT2D eigenvalue weighted by Crippen LogP contribution is 2.60. The minimum atomic E-state index is -2.18. The highest BCUT2D eigenvalue weighted by atomic mass is 31.2. The monoisotopic (exact) mass is 1300 g/mol. The van der Waals surface area contributed by atoms with Gasteiger partial charge in [0.1, 0.15) is 40.0 Å². The van der Waals surface area contributed by atoms with Gasteiger partial charge in [-0.05, 0) is 62.7 Å². The Morgan fingerprint density at radius 3 is 1.19 bits per heavy atom. The zero-order chi connectivity index (χ0) is 63.4. The minimum absolute atomic E-state index is 0.0349. The van der Waals surface area contributed by atoms with Gasteiger partial charge in [-0.25, -0.2) is 27.7 Å². The molecule has 24 heteroatoms. The molecule has 2 aromatic heterocycles. The zero-order valence-electron chi connectivity index (χ0n) is 52.4. The summed E-state index contributed by atoms with van der Waals surface area (Å²) in [5, 5.41) is 10.7. The average molecular weight is 1310 g/mol.